The molecule has 134 valence electrons. The maximum atomic E-state index is 12.8. The Balaban J connectivity index is 2.06. The number of benzene rings is 1. The number of fused-ring (bicyclic) bond motifs is 1. The minimum atomic E-state index is 0.0136. The zero-order valence-corrected chi connectivity index (χ0v) is 16.3. The molecule has 0 saturated carbocycles. The van der Waals surface area contributed by atoms with Crippen molar-refractivity contribution in [3.8, 4) is 5.69 Å². The Labute approximate surface area is 151 Å². The highest BCUT2D eigenvalue weighted by Gasteiger charge is 2.44. The molecule has 0 amide bonds. The van der Waals surface area contributed by atoms with E-state index < -0.39 is 0 Å². The van der Waals surface area contributed by atoms with Crippen molar-refractivity contribution < 1.29 is 4.79 Å². The molecule has 0 radical (unpaired) electrons. The van der Waals surface area contributed by atoms with Crippen LogP contribution >= 0.6 is 0 Å². The second kappa shape index (κ2) is 6.44. The maximum Gasteiger partial charge on any atom is 0.166 e. The molecule has 0 fully saturated rings. The largest absolute Gasteiger partial charge is 0.294 e. The van der Waals surface area contributed by atoms with Gasteiger partial charge in [0.05, 0.1) is 23.1 Å². The predicted octanol–water partition coefficient (Wildman–Crippen LogP) is 5.42. The van der Waals surface area contributed by atoms with Crippen LogP contribution in [0.4, 0.5) is 0 Å². The molecule has 0 N–H and O–H groups in total. The molecule has 3 heteroatoms. The summed E-state index contributed by atoms with van der Waals surface area (Å²) in [6, 6.07) is 8.57. The number of aromatic nitrogens is 2. The Hall–Kier alpha value is -1.90. The van der Waals surface area contributed by atoms with Gasteiger partial charge in [0.2, 0.25) is 0 Å². The molecule has 1 aromatic carbocycles. The van der Waals surface area contributed by atoms with E-state index in [9.17, 15) is 4.79 Å². The predicted molar refractivity (Wildman–Crippen MR) is 102 cm³/mol. The number of rotatable bonds is 4. The summed E-state index contributed by atoms with van der Waals surface area (Å²) in [5.74, 6) is 1.66. The fourth-order valence-corrected chi connectivity index (χ4v) is 4.25. The molecule has 3 nitrogen and oxygen atoms in total. The van der Waals surface area contributed by atoms with Crippen molar-refractivity contribution in [3.63, 3.8) is 0 Å². The van der Waals surface area contributed by atoms with Crippen molar-refractivity contribution >= 4 is 5.78 Å². The Morgan fingerprint density at radius 3 is 2.08 bits per heavy atom. The van der Waals surface area contributed by atoms with Crippen molar-refractivity contribution in [2.24, 2.45) is 17.3 Å². The molecule has 1 aromatic heterocycles. The highest BCUT2D eigenvalue weighted by molar-refractivity contribution is 5.98. The molecular weight excluding hydrogens is 308 g/mol. The lowest BCUT2D eigenvalue weighted by Gasteiger charge is -2.43. The van der Waals surface area contributed by atoms with Crippen LogP contribution in [0.15, 0.2) is 30.5 Å². The van der Waals surface area contributed by atoms with Crippen molar-refractivity contribution in [1.29, 1.82) is 0 Å². The number of carbonyl (C=O) groups is 1. The lowest BCUT2D eigenvalue weighted by molar-refractivity contribution is 0.0627. The van der Waals surface area contributed by atoms with Crippen molar-refractivity contribution in [1.82, 2.24) is 9.78 Å². The summed E-state index contributed by atoms with van der Waals surface area (Å²) in [7, 11) is 0. The van der Waals surface area contributed by atoms with Crippen LogP contribution in [-0.2, 0) is 6.42 Å². The molecule has 0 spiro atoms. The molecule has 1 aliphatic rings. The van der Waals surface area contributed by atoms with Crippen LogP contribution in [0.3, 0.4) is 0 Å². The SMILES string of the molecule is CC(C)c1ccc(-n2ncc3c2CC(C(C)C)(C(C)C)CC3=O)cc1. The lowest BCUT2D eigenvalue weighted by Crippen LogP contribution is -2.41. The normalized spacial score (nSPS) is 16.8. The van der Waals surface area contributed by atoms with Crippen LogP contribution in [0.25, 0.3) is 5.69 Å². The molecule has 3 rings (SSSR count). The van der Waals surface area contributed by atoms with E-state index in [0.29, 0.717) is 24.2 Å². The van der Waals surface area contributed by atoms with E-state index in [0.717, 1.165) is 23.4 Å². The monoisotopic (exact) mass is 338 g/mol. The summed E-state index contributed by atoms with van der Waals surface area (Å²) in [6.45, 7) is 13.4. The van der Waals surface area contributed by atoms with Gasteiger partial charge < -0.3 is 0 Å². The standard InChI is InChI=1S/C22H30N2O/c1-14(2)17-7-9-18(10-8-17)24-20-11-22(15(3)4,16(5)6)12-21(25)19(20)13-23-24/h7-10,13-16H,11-12H2,1-6H3. The summed E-state index contributed by atoms with van der Waals surface area (Å²) in [6.07, 6.45) is 3.31. The van der Waals surface area contributed by atoms with E-state index in [2.05, 4.69) is 70.9 Å². The van der Waals surface area contributed by atoms with E-state index >= 15 is 0 Å². The topological polar surface area (TPSA) is 34.9 Å². The summed E-state index contributed by atoms with van der Waals surface area (Å²) in [4.78, 5) is 12.8. The van der Waals surface area contributed by atoms with Crippen LogP contribution in [-0.4, -0.2) is 15.6 Å². The summed E-state index contributed by atoms with van der Waals surface area (Å²) in [5.41, 5.74) is 4.27. The van der Waals surface area contributed by atoms with Crippen LogP contribution in [0.1, 0.15) is 75.5 Å². The Morgan fingerprint density at radius 2 is 1.56 bits per heavy atom. The molecule has 0 aliphatic heterocycles. The molecule has 0 atom stereocenters. The quantitative estimate of drug-likeness (QED) is 0.745. The first-order valence-electron chi connectivity index (χ1n) is 9.46. The van der Waals surface area contributed by atoms with Gasteiger partial charge in [-0.15, -0.1) is 0 Å². The van der Waals surface area contributed by atoms with Crippen LogP contribution in [0, 0.1) is 17.3 Å². The summed E-state index contributed by atoms with van der Waals surface area (Å²) >= 11 is 0. The van der Waals surface area contributed by atoms with Gasteiger partial charge in [0.25, 0.3) is 0 Å². The van der Waals surface area contributed by atoms with Gasteiger partial charge >= 0.3 is 0 Å². The van der Waals surface area contributed by atoms with E-state index in [1.165, 1.54) is 5.56 Å². The molecule has 2 aromatic rings. The second-order valence-electron chi connectivity index (χ2n) is 8.48. The third kappa shape index (κ3) is 2.94. The Kier molecular flexibility index (Phi) is 4.61. The first-order chi connectivity index (χ1) is 11.8. The molecular formula is C22H30N2O. The number of hydrogen-bond donors (Lipinski definition) is 0. The Morgan fingerprint density at radius 1 is 0.960 bits per heavy atom. The Bertz CT molecular complexity index is 758. The van der Waals surface area contributed by atoms with Crippen LogP contribution in [0.2, 0.25) is 0 Å². The minimum absolute atomic E-state index is 0.0136. The van der Waals surface area contributed by atoms with Crippen LogP contribution < -0.4 is 0 Å². The molecule has 1 heterocycles. The highest BCUT2D eigenvalue weighted by Crippen LogP contribution is 2.47. The zero-order valence-electron chi connectivity index (χ0n) is 16.3. The number of ketones is 1. The number of Topliss-reactive ketones (excluding diaryl/α,β-unsaturated/α-hetero) is 1. The molecule has 0 unspecified atom stereocenters. The van der Waals surface area contributed by atoms with Gasteiger partial charge in [-0.3, -0.25) is 4.79 Å². The third-order valence-corrected chi connectivity index (χ3v) is 6.26. The number of hydrogen-bond acceptors (Lipinski definition) is 2. The fourth-order valence-electron chi connectivity index (χ4n) is 4.25. The zero-order chi connectivity index (χ0) is 18.4. The van der Waals surface area contributed by atoms with Crippen molar-refractivity contribution in [2.45, 2.75) is 60.3 Å². The first-order valence-corrected chi connectivity index (χ1v) is 9.46. The molecule has 0 saturated heterocycles. The number of nitrogens with zero attached hydrogens (tertiary/aromatic N) is 2. The van der Waals surface area contributed by atoms with Gasteiger partial charge in [-0.05, 0) is 47.3 Å². The summed E-state index contributed by atoms with van der Waals surface area (Å²) < 4.78 is 1.98. The first kappa shape index (κ1) is 17.9. The highest BCUT2D eigenvalue weighted by atomic mass is 16.1. The van der Waals surface area contributed by atoms with Gasteiger partial charge in [0.15, 0.2) is 5.78 Å². The van der Waals surface area contributed by atoms with Gasteiger partial charge in [0.1, 0.15) is 0 Å². The average Bonchev–Trinajstić information content (AvgIpc) is 2.98. The lowest BCUT2D eigenvalue weighted by atomic mass is 9.60. The molecule has 25 heavy (non-hydrogen) atoms. The number of carbonyl (C=O) groups excluding carboxylic acids is 1. The smallest absolute Gasteiger partial charge is 0.166 e. The van der Waals surface area contributed by atoms with Gasteiger partial charge in [-0.2, -0.15) is 5.10 Å². The average molecular weight is 338 g/mol. The third-order valence-electron chi connectivity index (χ3n) is 6.26. The molecule has 0 bridgehead atoms. The fraction of sp³-hybridized carbons (Fsp3) is 0.545. The minimum Gasteiger partial charge on any atom is -0.294 e. The van der Waals surface area contributed by atoms with E-state index in [1.807, 2.05) is 4.68 Å². The van der Waals surface area contributed by atoms with E-state index in [1.54, 1.807) is 6.20 Å². The van der Waals surface area contributed by atoms with Gasteiger partial charge in [-0.1, -0.05) is 53.7 Å². The van der Waals surface area contributed by atoms with Gasteiger partial charge in [0, 0.05) is 6.42 Å². The van der Waals surface area contributed by atoms with E-state index in [-0.39, 0.29) is 11.2 Å². The summed E-state index contributed by atoms with van der Waals surface area (Å²) in [5, 5.41) is 4.57. The molecule has 1 aliphatic carbocycles. The van der Waals surface area contributed by atoms with Crippen molar-refractivity contribution in [3.05, 3.63) is 47.3 Å². The van der Waals surface area contributed by atoms with Gasteiger partial charge in [-0.25, -0.2) is 4.68 Å². The van der Waals surface area contributed by atoms with Crippen molar-refractivity contribution in [2.75, 3.05) is 0 Å². The second-order valence-corrected chi connectivity index (χ2v) is 8.48. The van der Waals surface area contributed by atoms with Crippen LogP contribution in [0.5, 0.6) is 0 Å². The maximum absolute atomic E-state index is 12.8. The van der Waals surface area contributed by atoms with E-state index in [4.69, 9.17) is 0 Å².